The topological polar surface area (TPSA) is 52.4 Å². The maximum atomic E-state index is 10.8. The number of nitro groups is 1. The molecule has 0 fully saturated rings. The van der Waals surface area contributed by atoms with Crippen LogP contribution in [0.2, 0.25) is 5.02 Å². The van der Waals surface area contributed by atoms with Crippen LogP contribution in [0, 0.1) is 10.1 Å². The molecule has 6 heteroatoms. The summed E-state index contributed by atoms with van der Waals surface area (Å²) < 4.78 is 5.65. The molecule has 21 heavy (non-hydrogen) atoms. The van der Waals surface area contributed by atoms with Crippen LogP contribution >= 0.6 is 24.2 Å². The van der Waals surface area contributed by atoms with Crippen LogP contribution in [0.1, 0.15) is 11.5 Å². The maximum absolute atomic E-state index is 10.8. The van der Waals surface area contributed by atoms with Crippen molar-refractivity contribution in [2.24, 2.45) is 0 Å². The minimum absolute atomic E-state index is 0.0449. The van der Waals surface area contributed by atoms with Gasteiger partial charge in [0.1, 0.15) is 5.75 Å². The number of halogens is 1. The van der Waals surface area contributed by atoms with Crippen molar-refractivity contribution in [3.8, 4) is 5.75 Å². The number of ether oxygens (including phenoxy) is 1. The first-order valence-electron chi connectivity index (χ1n) is 6.34. The fourth-order valence-electron chi connectivity index (χ4n) is 1.89. The Labute approximate surface area is 133 Å². The van der Waals surface area contributed by atoms with Gasteiger partial charge in [-0.3, -0.25) is 10.1 Å². The molecule has 0 amide bonds. The van der Waals surface area contributed by atoms with E-state index in [1.54, 1.807) is 0 Å². The zero-order valence-electron chi connectivity index (χ0n) is 11.1. The molecule has 1 atom stereocenters. The number of non-ortho nitro benzene ring substituents is 1. The van der Waals surface area contributed by atoms with Gasteiger partial charge in [-0.05, 0) is 11.6 Å². The van der Waals surface area contributed by atoms with Crippen molar-refractivity contribution < 1.29 is 9.66 Å². The van der Waals surface area contributed by atoms with Gasteiger partial charge in [0.05, 0.1) is 22.6 Å². The van der Waals surface area contributed by atoms with E-state index in [2.05, 4.69) is 12.6 Å². The summed E-state index contributed by atoms with van der Waals surface area (Å²) in [6.07, 6.45) is 0. The first kappa shape index (κ1) is 15.7. The summed E-state index contributed by atoms with van der Waals surface area (Å²) in [5.74, 6) is 1.01. The number of thiol groups is 1. The van der Waals surface area contributed by atoms with Crippen LogP contribution in [0.25, 0.3) is 0 Å². The first-order chi connectivity index (χ1) is 10.1. The Kier molecular flexibility index (Phi) is 5.47. The number of benzene rings is 2. The van der Waals surface area contributed by atoms with Gasteiger partial charge in [0.15, 0.2) is 0 Å². The molecule has 0 aliphatic rings. The molecule has 0 saturated carbocycles. The smallest absolute Gasteiger partial charge is 0.273 e. The molecule has 4 nitrogen and oxygen atoms in total. The number of nitro benzene ring substituents is 1. The molecule has 0 N–H and O–H groups in total. The average Bonchev–Trinajstić information content (AvgIpc) is 2.50. The molecule has 0 bridgehead atoms. The van der Waals surface area contributed by atoms with Crippen LogP contribution < -0.4 is 4.74 Å². The highest BCUT2D eigenvalue weighted by molar-refractivity contribution is 7.80. The van der Waals surface area contributed by atoms with Crippen LogP contribution in [-0.4, -0.2) is 17.3 Å². The monoisotopic (exact) mass is 323 g/mol. The highest BCUT2D eigenvalue weighted by Crippen LogP contribution is 2.30. The van der Waals surface area contributed by atoms with Crippen molar-refractivity contribution in [2.75, 3.05) is 12.4 Å². The fraction of sp³-hybridized carbons (Fsp3) is 0.200. The SMILES string of the molecule is O=[N+]([O-])c1ccc(Cl)c(OCC(CS)c2ccccc2)c1. The van der Waals surface area contributed by atoms with Gasteiger partial charge in [-0.25, -0.2) is 0 Å². The summed E-state index contributed by atoms with van der Waals surface area (Å²) in [6, 6.07) is 14.0. The Hall–Kier alpha value is -1.72. The molecule has 0 spiro atoms. The van der Waals surface area contributed by atoms with Crippen LogP contribution in [-0.2, 0) is 0 Å². The molecule has 1 unspecified atom stereocenters. The lowest BCUT2D eigenvalue weighted by Crippen LogP contribution is -2.12. The Balaban J connectivity index is 2.11. The van der Waals surface area contributed by atoms with Gasteiger partial charge in [0.25, 0.3) is 5.69 Å². The van der Waals surface area contributed by atoms with Crippen molar-refractivity contribution in [2.45, 2.75) is 5.92 Å². The molecule has 2 aromatic rings. The third-order valence-electron chi connectivity index (χ3n) is 3.06. The van der Waals surface area contributed by atoms with Crippen molar-refractivity contribution in [3.05, 3.63) is 69.2 Å². The van der Waals surface area contributed by atoms with Crippen molar-refractivity contribution in [1.29, 1.82) is 0 Å². The lowest BCUT2D eigenvalue weighted by molar-refractivity contribution is -0.384. The summed E-state index contributed by atoms with van der Waals surface area (Å²) in [6.45, 7) is 0.356. The third kappa shape index (κ3) is 4.12. The molecule has 0 radical (unpaired) electrons. The minimum Gasteiger partial charge on any atom is -0.491 e. The Morgan fingerprint density at radius 2 is 1.95 bits per heavy atom. The maximum Gasteiger partial charge on any atom is 0.273 e. The second-order valence-corrected chi connectivity index (χ2v) is 5.25. The highest BCUT2D eigenvalue weighted by atomic mass is 35.5. The van der Waals surface area contributed by atoms with E-state index >= 15 is 0 Å². The Morgan fingerprint density at radius 3 is 2.57 bits per heavy atom. The quantitative estimate of drug-likeness (QED) is 0.489. The summed E-state index contributed by atoms with van der Waals surface area (Å²) in [5.41, 5.74) is 1.06. The fourth-order valence-corrected chi connectivity index (χ4v) is 2.37. The lowest BCUT2D eigenvalue weighted by atomic mass is 10.0. The van der Waals surface area contributed by atoms with Gasteiger partial charge in [0.2, 0.25) is 0 Å². The second kappa shape index (κ2) is 7.33. The predicted molar refractivity (Wildman–Crippen MR) is 86.6 cm³/mol. The van der Waals surface area contributed by atoms with E-state index in [0.29, 0.717) is 23.1 Å². The standard InChI is InChI=1S/C15H14ClNO3S/c16-14-7-6-13(17(18)19)8-15(14)20-9-12(10-21)11-4-2-1-3-5-11/h1-8,12,21H,9-10H2. The molecule has 2 rings (SSSR count). The zero-order valence-corrected chi connectivity index (χ0v) is 12.8. The number of hydrogen-bond acceptors (Lipinski definition) is 4. The molecule has 2 aromatic carbocycles. The third-order valence-corrected chi connectivity index (χ3v) is 3.81. The molecule has 0 heterocycles. The van der Waals surface area contributed by atoms with Crippen molar-refractivity contribution >= 4 is 29.9 Å². The first-order valence-corrected chi connectivity index (χ1v) is 7.35. The van der Waals surface area contributed by atoms with Crippen LogP contribution in [0.3, 0.4) is 0 Å². The summed E-state index contributed by atoms with van der Waals surface area (Å²) in [4.78, 5) is 10.3. The molecule has 0 aliphatic heterocycles. The Morgan fingerprint density at radius 1 is 1.24 bits per heavy atom. The van der Waals surface area contributed by atoms with Crippen LogP contribution in [0.5, 0.6) is 5.75 Å². The van der Waals surface area contributed by atoms with Gasteiger partial charge in [-0.15, -0.1) is 0 Å². The lowest BCUT2D eigenvalue weighted by Gasteiger charge is -2.16. The van der Waals surface area contributed by atoms with Gasteiger partial charge in [0, 0.05) is 17.7 Å². The van der Waals surface area contributed by atoms with E-state index in [1.807, 2.05) is 30.3 Å². The molecular weight excluding hydrogens is 310 g/mol. The second-order valence-electron chi connectivity index (χ2n) is 4.47. The zero-order chi connectivity index (χ0) is 15.2. The van der Waals surface area contributed by atoms with E-state index in [9.17, 15) is 10.1 Å². The van der Waals surface area contributed by atoms with Gasteiger partial charge in [-0.1, -0.05) is 41.9 Å². The normalized spacial score (nSPS) is 11.9. The van der Waals surface area contributed by atoms with Crippen LogP contribution in [0.15, 0.2) is 48.5 Å². The summed E-state index contributed by atoms with van der Waals surface area (Å²) >= 11 is 10.3. The van der Waals surface area contributed by atoms with Gasteiger partial charge in [-0.2, -0.15) is 12.6 Å². The van der Waals surface area contributed by atoms with E-state index in [0.717, 1.165) is 5.56 Å². The van der Waals surface area contributed by atoms with Gasteiger partial charge >= 0.3 is 0 Å². The molecule has 0 aliphatic carbocycles. The highest BCUT2D eigenvalue weighted by Gasteiger charge is 2.14. The molecule has 0 saturated heterocycles. The summed E-state index contributed by atoms with van der Waals surface area (Å²) in [7, 11) is 0. The van der Waals surface area contributed by atoms with Crippen molar-refractivity contribution in [3.63, 3.8) is 0 Å². The minimum atomic E-state index is -0.476. The average molecular weight is 324 g/mol. The predicted octanol–water partition coefficient (Wildman–Crippen LogP) is 4.34. The molecule has 110 valence electrons. The van der Waals surface area contributed by atoms with Gasteiger partial charge < -0.3 is 4.74 Å². The molecular formula is C15H14ClNO3S. The van der Waals surface area contributed by atoms with E-state index in [-0.39, 0.29) is 11.6 Å². The largest absolute Gasteiger partial charge is 0.491 e. The van der Waals surface area contributed by atoms with E-state index in [4.69, 9.17) is 16.3 Å². The molecule has 0 aromatic heterocycles. The van der Waals surface area contributed by atoms with E-state index in [1.165, 1.54) is 18.2 Å². The van der Waals surface area contributed by atoms with E-state index < -0.39 is 4.92 Å². The van der Waals surface area contributed by atoms with Crippen molar-refractivity contribution in [1.82, 2.24) is 0 Å². The summed E-state index contributed by atoms with van der Waals surface area (Å²) in [5, 5.41) is 11.1. The number of nitrogens with zero attached hydrogens (tertiary/aromatic N) is 1. The Bertz CT molecular complexity index is 622. The number of hydrogen-bond donors (Lipinski definition) is 1. The number of rotatable bonds is 6. The van der Waals surface area contributed by atoms with Crippen LogP contribution in [0.4, 0.5) is 5.69 Å².